The predicted molar refractivity (Wildman–Crippen MR) is 49.4 cm³/mol. The van der Waals surface area contributed by atoms with E-state index in [2.05, 4.69) is 5.32 Å². The van der Waals surface area contributed by atoms with Crippen molar-refractivity contribution >= 4 is 5.97 Å². The summed E-state index contributed by atoms with van der Waals surface area (Å²) in [4.78, 5) is 10.6. The second-order valence-electron chi connectivity index (χ2n) is 2.85. The predicted octanol–water partition coefficient (Wildman–Crippen LogP) is -0.849. The summed E-state index contributed by atoms with van der Waals surface area (Å²) in [7, 11) is 0. The molecule has 0 fully saturated rings. The van der Waals surface area contributed by atoms with Gasteiger partial charge in [0.1, 0.15) is 6.04 Å². The number of hydrogen-bond acceptors (Lipinski definition) is 4. The minimum absolute atomic E-state index is 0.0410. The lowest BCUT2D eigenvalue weighted by Gasteiger charge is -2.12. The molecule has 78 valence electrons. The molecule has 0 aliphatic heterocycles. The van der Waals surface area contributed by atoms with Crippen LogP contribution in [0, 0.1) is 0 Å². The molecule has 0 saturated heterocycles. The van der Waals surface area contributed by atoms with Gasteiger partial charge >= 0.3 is 5.97 Å². The van der Waals surface area contributed by atoms with Gasteiger partial charge in [0.15, 0.2) is 0 Å². The number of nitrogens with two attached hydrogens (primary N) is 1. The second kappa shape index (κ2) is 7.97. The number of unbranched alkanes of at least 4 members (excludes halogenated alkanes) is 1. The number of nitrogens with one attached hydrogen (secondary N) is 1. The van der Waals surface area contributed by atoms with E-state index in [1.807, 2.05) is 0 Å². The third-order valence-electron chi connectivity index (χ3n) is 1.75. The molecule has 0 rings (SSSR count). The van der Waals surface area contributed by atoms with Crippen LogP contribution in [-0.4, -0.2) is 41.9 Å². The molecular formula is C8H18N2O3. The van der Waals surface area contributed by atoms with Crippen LogP contribution in [0.2, 0.25) is 0 Å². The number of rotatable bonds is 8. The van der Waals surface area contributed by atoms with Crippen molar-refractivity contribution in [1.82, 2.24) is 5.32 Å². The van der Waals surface area contributed by atoms with Crippen molar-refractivity contribution < 1.29 is 15.0 Å². The first-order valence-corrected chi connectivity index (χ1v) is 4.49. The number of aliphatic hydroxyl groups excluding tert-OH is 1. The monoisotopic (exact) mass is 190 g/mol. The molecule has 0 spiro atoms. The molecule has 0 unspecified atom stereocenters. The van der Waals surface area contributed by atoms with Crippen LogP contribution < -0.4 is 11.1 Å². The summed E-state index contributed by atoms with van der Waals surface area (Å²) in [5.74, 6) is -0.870. The number of carbonyl (C=O) groups is 1. The minimum atomic E-state index is -0.870. The molecule has 0 aromatic rings. The van der Waals surface area contributed by atoms with E-state index < -0.39 is 12.0 Å². The Balaban J connectivity index is 3.61. The number of aliphatic hydroxyl groups is 1. The van der Waals surface area contributed by atoms with Gasteiger partial charge in [0.05, 0.1) is 6.61 Å². The average molecular weight is 190 g/mol. The van der Waals surface area contributed by atoms with Crippen LogP contribution in [0.4, 0.5) is 0 Å². The highest BCUT2D eigenvalue weighted by Crippen LogP contribution is 2.00. The Hall–Kier alpha value is -0.650. The molecule has 0 aromatic heterocycles. The summed E-state index contributed by atoms with van der Waals surface area (Å²) >= 11 is 0. The van der Waals surface area contributed by atoms with Crippen molar-refractivity contribution in [2.75, 3.05) is 19.7 Å². The average Bonchev–Trinajstić information content (AvgIpc) is 2.10. The highest BCUT2D eigenvalue weighted by Gasteiger charge is 2.14. The van der Waals surface area contributed by atoms with Crippen molar-refractivity contribution in [1.29, 1.82) is 0 Å². The lowest BCUT2D eigenvalue weighted by molar-refractivity contribution is -0.139. The zero-order valence-corrected chi connectivity index (χ0v) is 7.70. The van der Waals surface area contributed by atoms with Gasteiger partial charge in [-0.05, 0) is 19.4 Å². The first kappa shape index (κ1) is 12.3. The molecule has 0 aliphatic carbocycles. The van der Waals surface area contributed by atoms with E-state index in [1.165, 1.54) is 0 Å². The summed E-state index contributed by atoms with van der Waals surface area (Å²) in [6.45, 7) is 0.868. The molecule has 0 radical (unpaired) electrons. The number of hydrogen-bond donors (Lipinski definition) is 4. The van der Waals surface area contributed by atoms with Crippen LogP contribution in [0.1, 0.15) is 19.3 Å². The molecule has 0 aromatic carbocycles. The Morgan fingerprint density at radius 2 is 2.15 bits per heavy atom. The van der Waals surface area contributed by atoms with Crippen molar-refractivity contribution in [3.05, 3.63) is 0 Å². The highest BCUT2D eigenvalue weighted by atomic mass is 16.4. The zero-order valence-electron chi connectivity index (χ0n) is 7.70. The lowest BCUT2D eigenvalue weighted by atomic mass is 10.1. The van der Waals surface area contributed by atoms with Gasteiger partial charge < -0.3 is 21.3 Å². The molecule has 0 saturated carbocycles. The number of carboxylic acids is 1. The number of aliphatic carboxylic acids is 1. The van der Waals surface area contributed by atoms with E-state index in [9.17, 15) is 4.79 Å². The van der Waals surface area contributed by atoms with Gasteiger partial charge in [-0.3, -0.25) is 4.79 Å². The normalized spacial score (nSPS) is 12.8. The molecule has 5 N–H and O–H groups in total. The molecular weight excluding hydrogens is 172 g/mol. The Bertz CT molecular complexity index is 141. The molecule has 5 nitrogen and oxygen atoms in total. The van der Waals surface area contributed by atoms with Gasteiger partial charge in [0, 0.05) is 6.54 Å². The van der Waals surface area contributed by atoms with E-state index >= 15 is 0 Å². The second-order valence-corrected chi connectivity index (χ2v) is 2.85. The maximum absolute atomic E-state index is 10.6. The Morgan fingerprint density at radius 1 is 1.46 bits per heavy atom. The maximum Gasteiger partial charge on any atom is 0.320 e. The van der Waals surface area contributed by atoms with Crippen LogP contribution >= 0.6 is 0 Å². The maximum atomic E-state index is 10.6. The molecule has 0 bridgehead atoms. The van der Waals surface area contributed by atoms with Gasteiger partial charge in [0.2, 0.25) is 0 Å². The quantitative estimate of drug-likeness (QED) is 0.374. The minimum Gasteiger partial charge on any atom is -0.480 e. The SMILES string of the molecule is NCCCC[C@H](NCCO)C(=O)O. The smallest absolute Gasteiger partial charge is 0.320 e. The third-order valence-corrected chi connectivity index (χ3v) is 1.75. The van der Waals surface area contributed by atoms with Crippen molar-refractivity contribution in [3.63, 3.8) is 0 Å². The standard InChI is InChI=1S/C8H18N2O3/c9-4-2-1-3-7(8(12)13)10-5-6-11/h7,10-11H,1-6,9H2,(H,12,13)/t7-/m0/s1. The van der Waals surface area contributed by atoms with Gasteiger partial charge in [-0.2, -0.15) is 0 Å². The van der Waals surface area contributed by atoms with Crippen LogP contribution in [0.25, 0.3) is 0 Å². The first-order valence-electron chi connectivity index (χ1n) is 4.49. The molecule has 0 heterocycles. The van der Waals surface area contributed by atoms with E-state index in [4.69, 9.17) is 15.9 Å². The molecule has 0 aliphatic rings. The fourth-order valence-corrected chi connectivity index (χ4v) is 1.04. The van der Waals surface area contributed by atoms with Crippen molar-refractivity contribution in [2.24, 2.45) is 5.73 Å². The molecule has 5 heteroatoms. The topological polar surface area (TPSA) is 95.6 Å². The fraction of sp³-hybridized carbons (Fsp3) is 0.875. The van der Waals surface area contributed by atoms with Crippen LogP contribution in [0.15, 0.2) is 0 Å². The zero-order chi connectivity index (χ0) is 10.1. The summed E-state index contributed by atoms with van der Waals surface area (Å²) in [6.07, 6.45) is 2.20. The van der Waals surface area contributed by atoms with E-state index in [-0.39, 0.29) is 6.61 Å². The van der Waals surface area contributed by atoms with E-state index in [0.29, 0.717) is 19.5 Å². The van der Waals surface area contributed by atoms with Crippen LogP contribution in [-0.2, 0) is 4.79 Å². The fourth-order valence-electron chi connectivity index (χ4n) is 1.04. The molecule has 1 atom stereocenters. The Labute approximate surface area is 77.9 Å². The van der Waals surface area contributed by atoms with Crippen molar-refractivity contribution in [2.45, 2.75) is 25.3 Å². The van der Waals surface area contributed by atoms with Gasteiger partial charge in [-0.15, -0.1) is 0 Å². The van der Waals surface area contributed by atoms with Gasteiger partial charge in [-0.1, -0.05) is 6.42 Å². The van der Waals surface area contributed by atoms with Gasteiger partial charge in [0.25, 0.3) is 0 Å². The Morgan fingerprint density at radius 3 is 2.62 bits per heavy atom. The van der Waals surface area contributed by atoms with E-state index in [0.717, 1.165) is 12.8 Å². The highest BCUT2D eigenvalue weighted by molar-refractivity contribution is 5.73. The molecule has 13 heavy (non-hydrogen) atoms. The van der Waals surface area contributed by atoms with Crippen LogP contribution in [0.5, 0.6) is 0 Å². The first-order chi connectivity index (χ1) is 6.22. The van der Waals surface area contributed by atoms with Crippen molar-refractivity contribution in [3.8, 4) is 0 Å². The lowest BCUT2D eigenvalue weighted by Crippen LogP contribution is -2.38. The van der Waals surface area contributed by atoms with Gasteiger partial charge in [-0.25, -0.2) is 0 Å². The van der Waals surface area contributed by atoms with E-state index in [1.54, 1.807) is 0 Å². The Kier molecular flexibility index (Phi) is 7.57. The summed E-state index contributed by atoms with van der Waals surface area (Å²) in [6, 6.07) is -0.557. The number of carboxylic acid groups (broad SMARTS) is 1. The summed E-state index contributed by atoms with van der Waals surface area (Å²) in [5, 5.41) is 20.0. The largest absolute Gasteiger partial charge is 0.480 e. The summed E-state index contributed by atoms with van der Waals surface area (Å²) < 4.78 is 0. The third kappa shape index (κ3) is 6.51. The molecule has 0 amide bonds. The summed E-state index contributed by atoms with van der Waals surface area (Å²) in [5.41, 5.74) is 5.28. The van der Waals surface area contributed by atoms with Crippen LogP contribution in [0.3, 0.4) is 0 Å².